The topological polar surface area (TPSA) is 50.4 Å². The van der Waals surface area contributed by atoms with E-state index in [1.165, 1.54) is 64.2 Å². The molecule has 31 heavy (non-hydrogen) atoms. The molecule has 0 bridgehead atoms. The normalized spacial score (nSPS) is 11.3. The number of amides is 2. The average Bonchev–Trinajstić information content (AvgIpc) is 2.77. The van der Waals surface area contributed by atoms with Gasteiger partial charge in [-0.2, -0.15) is 0 Å². The lowest BCUT2D eigenvalue weighted by Crippen LogP contribution is -2.29. The second-order valence-electron chi connectivity index (χ2n) is 7.92. The molecule has 174 valence electrons. The second kappa shape index (κ2) is 19.7. The van der Waals surface area contributed by atoms with Crippen molar-refractivity contribution in [3.05, 3.63) is 48.6 Å². The van der Waals surface area contributed by atoms with Crippen LogP contribution in [0, 0.1) is 0 Å². The standard InChI is InChI=1S/C27H44N2O2/c1-3-5-6-7-8-9-10-11-12-13-14-15-16-17-18-19-24-28-27(30)29-25-20-22-26(23-21-25)31-4-2/h8-9,11-12,20-23H,3-7,10,13-19,24H2,1-2H3,(H2,28,29,30). The van der Waals surface area contributed by atoms with Crippen molar-refractivity contribution in [2.45, 2.75) is 90.9 Å². The first-order chi connectivity index (χ1) is 15.3. The maximum absolute atomic E-state index is 11.9. The van der Waals surface area contributed by atoms with Crippen LogP contribution in [0.25, 0.3) is 0 Å². The van der Waals surface area contributed by atoms with Gasteiger partial charge in [-0.15, -0.1) is 0 Å². The lowest BCUT2D eigenvalue weighted by atomic mass is 10.1. The van der Waals surface area contributed by atoms with Crippen LogP contribution < -0.4 is 15.4 Å². The average molecular weight is 429 g/mol. The minimum Gasteiger partial charge on any atom is -0.494 e. The van der Waals surface area contributed by atoms with Crippen LogP contribution in [0.15, 0.2) is 48.6 Å². The molecule has 0 aliphatic rings. The Morgan fingerprint density at radius 2 is 1.42 bits per heavy atom. The molecule has 1 aromatic carbocycles. The first-order valence-corrected chi connectivity index (χ1v) is 12.3. The van der Waals surface area contributed by atoms with Crippen molar-refractivity contribution in [1.29, 1.82) is 0 Å². The number of rotatable bonds is 18. The molecule has 0 radical (unpaired) electrons. The number of hydrogen-bond donors (Lipinski definition) is 2. The number of anilines is 1. The molecule has 0 fully saturated rings. The van der Waals surface area contributed by atoms with Gasteiger partial charge in [0.05, 0.1) is 6.61 Å². The number of unbranched alkanes of at least 4 members (excludes halogenated alkanes) is 9. The van der Waals surface area contributed by atoms with Gasteiger partial charge in [-0.05, 0) is 69.7 Å². The van der Waals surface area contributed by atoms with Crippen LogP contribution in [0.5, 0.6) is 5.75 Å². The molecule has 0 aromatic heterocycles. The van der Waals surface area contributed by atoms with Crippen molar-refractivity contribution in [1.82, 2.24) is 5.32 Å². The molecule has 0 aliphatic carbocycles. The van der Waals surface area contributed by atoms with Gasteiger partial charge in [0.1, 0.15) is 5.75 Å². The molecule has 4 heteroatoms. The zero-order chi connectivity index (χ0) is 22.4. The Balaban J connectivity index is 1.89. The molecular weight excluding hydrogens is 384 g/mol. The van der Waals surface area contributed by atoms with E-state index in [2.05, 4.69) is 41.9 Å². The SMILES string of the molecule is CCCCCC=CCC=CCCCCCCCCNC(=O)Nc1ccc(OCC)cc1. The summed E-state index contributed by atoms with van der Waals surface area (Å²) in [7, 11) is 0. The Labute approximate surface area is 190 Å². The predicted octanol–water partition coefficient (Wildman–Crippen LogP) is 8.02. The van der Waals surface area contributed by atoms with Gasteiger partial charge in [0.15, 0.2) is 0 Å². The smallest absolute Gasteiger partial charge is 0.319 e. The summed E-state index contributed by atoms with van der Waals surface area (Å²) in [6, 6.07) is 7.28. The Hall–Kier alpha value is -2.23. The van der Waals surface area contributed by atoms with E-state index in [-0.39, 0.29) is 6.03 Å². The molecule has 0 unspecified atom stereocenters. The third-order valence-corrected chi connectivity index (χ3v) is 5.09. The molecule has 0 aliphatic heterocycles. The molecule has 0 saturated carbocycles. The fourth-order valence-electron chi connectivity index (χ4n) is 3.29. The molecule has 0 heterocycles. The van der Waals surface area contributed by atoms with E-state index in [1.54, 1.807) is 0 Å². The summed E-state index contributed by atoms with van der Waals surface area (Å²) >= 11 is 0. The lowest BCUT2D eigenvalue weighted by Gasteiger charge is -2.08. The van der Waals surface area contributed by atoms with Crippen molar-refractivity contribution in [2.75, 3.05) is 18.5 Å². The second-order valence-corrected chi connectivity index (χ2v) is 7.92. The fourth-order valence-corrected chi connectivity index (χ4v) is 3.29. The zero-order valence-corrected chi connectivity index (χ0v) is 19.8. The molecule has 4 nitrogen and oxygen atoms in total. The highest BCUT2D eigenvalue weighted by atomic mass is 16.5. The third-order valence-electron chi connectivity index (χ3n) is 5.09. The number of ether oxygens (including phenoxy) is 1. The maximum atomic E-state index is 11.9. The molecule has 1 aromatic rings. The van der Waals surface area contributed by atoms with E-state index in [9.17, 15) is 4.79 Å². The highest BCUT2D eigenvalue weighted by Crippen LogP contribution is 2.15. The first kappa shape index (κ1) is 26.8. The van der Waals surface area contributed by atoms with Crippen molar-refractivity contribution in [2.24, 2.45) is 0 Å². The molecule has 0 spiro atoms. The summed E-state index contributed by atoms with van der Waals surface area (Å²) in [6.45, 7) is 5.56. The number of allylic oxidation sites excluding steroid dienone is 4. The summed E-state index contributed by atoms with van der Waals surface area (Å²) in [5.41, 5.74) is 0.776. The Morgan fingerprint density at radius 1 is 0.806 bits per heavy atom. The molecule has 1 rings (SSSR count). The zero-order valence-electron chi connectivity index (χ0n) is 19.8. The number of hydrogen-bond acceptors (Lipinski definition) is 2. The lowest BCUT2D eigenvalue weighted by molar-refractivity contribution is 0.252. The van der Waals surface area contributed by atoms with Crippen LogP contribution >= 0.6 is 0 Å². The maximum Gasteiger partial charge on any atom is 0.319 e. The van der Waals surface area contributed by atoms with Crippen molar-refractivity contribution in [3.8, 4) is 5.75 Å². The van der Waals surface area contributed by atoms with E-state index in [4.69, 9.17) is 4.74 Å². The van der Waals surface area contributed by atoms with Crippen LogP contribution in [-0.4, -0.2) is 19.2 Å². The van der Waals surface area contributed by atoms with Gasteiger partial charge in [0.25, 0.3) is 0 Å². The largest absolute Gasteiger partial charge is 0.494 e. The van der Waals surface area contributed by atoms with Gasteiger partial charge in [-0.3, -0.25) is 0 Å². The van der Waals surface area contributed by atoms with Crippen molar-refractivity contribution in [3.63, 3.8) is 0 Å². The summed E-state index contributed by atoms with van der Waals surface area (Å²) in [5.74, 6) is 0.815. The van der Waals surface area contributed by atoms with Crippen molar-refractivity contribution < 1.29 is 9.53 Å². The van der Waals surface area contributed by atoms with E-state index < -0.39 is 0 Å². The summed E-state index contributed by atoms with van der Waals surface area (Å²) in [6.07, 6.45) is 24.0. The van der Waals surface area contributed by atoms with Gasteiger partial charge in [-0.1, -0.05) is 69.8 Å². The number of benzene rings is 1. The number of carbonyl (C=O) groups excluding carboxylic acids is 1. The number of urea groups is 1. The third kappa shape index (κ3) is 16.2. The Bertz CT molecular complexity index is 608. The number of nitrogens with one attached hydrogen (secondary N) is 2. The minimum atomic E-state index is -0.147. The quantitative estimate of drug-likeness (QED) is 0.184. The first-order valence-electron chi connectivity index (χ1n) is 12.3. The molecule has 0 atom stereocenters. The van der Waals surface area contributed by atoms with Gasteiger partial charge in [-0.25, -0.2) is 4.79 Å². The summed E-state index contributed by atoms with van der Waals surface area (Å²) < 4.78 is 5.40. The van der Waals surface area contributed by atoms with Gasteiger partial charge >= 0.3 is 6.03 Å². The molecule has 2 N–H and O–H groups in total. The molecular formula is C27H44N2O2. The monoisotopic (exact) mass is 428 g/mol. The van der Waals surface area contributed by atoms with Crippen molar-refractivity contribution >= 4 is 11.7 Å². The van der Waals surface area contributed by atoms with E-state index >= 15 is 0 Å². The predicted molar refractivity (Wildman–Crippen MR) is 134 cm³/mol. The van der Waals surface area contributed by atoms with Gasteiger partial charge in [0, 0.05) is 12.2 Å². The molecule has 0 saturated heterocycles. The molecule has 2 amide bonds. The van der Waals surface area contributed by atoms with Crippen LogP contribution in [0.2, 0.25) is 0 Å². The highest BCUT2D eigenvalue weighted by molar-refractivity contribution is 5.89. The fraction of sp³-hybridized carbons (Fsp3) is 0.593. The van der Waals surface area contributed by atoms with Gasteiger partial charge < -0.3 is 15.4 Å². The Kier molecular flexibility index (Phi) is 17.0. The van der Waals surface area contributed by atoms with Gasteiger partial charge in [0.2, 0.25) is 0 Å². The van der Waals surface area contributed by atoms with E-state index in [1.807, 2.05) is 31.2 Å². The van der Waals surface area contributed by atoms with Crippen LogP contribution in [0.3, 0.4) is 0 Å². The summed E-state index contributed by atoms with van der Waals surface area (Å²) in [4.78, 5) is 11.9. The number of carbonyl (C=O) groups is 1. The van der Waals surface area contributed by atoms with Crippen LogP contribution in [0.4, 0.5) is 10.5 Å². The van der Waals surface area contributed by atoms with E-state index in [0.717, 1.165) is 30.8 Å². The highest BCUT2D eigenvalue weighted by Gasteiger charge is 2.01. The minimum absolute atomic E-state index is 0.147. The summed E-state index contributed by atoms with van der Waals surface area (Å²) in [5, 5.41) is 5.77. The van der Waals surface area contributed by atoms with Crippen LogP contribution in [-0.2, 0) is 0 Å². The Morgan fingerprint density at radius 3 is 2.06 bits per heavy atom. The van der Waals surface area contributed by atoms with E-state index in [0.29, 0.717) is 6.61 Å². The van der Waals surface area contributed by atoms with Crippen LogP contribution in [0.1, 0.15) is 90.9 Å².